The third kappa shape index (κ3) is 5.44. The van der Waals surface area contributed by atoms with Crippen LogP contribution < -0.4 is 24.2 Å². The number of morpholine rings is 1. The summed E-state index contributed by atoms with van der Waals surface area (Å²) in [6, 6.07) is 8.76. The minimum Gasteiger partial charge on any atom is -0.495 e. The topological polar surface area (TPSA) is 153 Å². The van der Waals surface area contributed by atoms with Crippen molar-refractivity contribution in [1.82, 2.24) is 20.3 Å². The number of sulfonamides is 1. The van der Waals surface area contributed by atoms with Gasteiger partial charge < -0.3 is 28.8 Å². The summed E-state index contributed by atoms with van der Waals surface area (Å²) in [6.07, 6.45) is 2.31. The van der Waals surface area contributed by atoms with Gasteiger partial charge in [0.15, 0.2) is 22.1 Å². The maximum Gasteiger partial charge on any atom is 0.270 e. The number of H-pyrrole nitrogens is 1. The summed E-state index contributed by atoms with van der Waals surface area (Å²) in [5.41, 5.74) is 2.89. The van der Waals surface area contributed by atoms with Crippen molar-refractivity contribution < 1.29 is 31.9 Å². The van der Waals surface area contributed by atoms with Crippen molar-refractivity contribution in [3.63, 3.8) is 0 Å². The van der Waals surface area contributed by atoms with Gasteiger partial charge in [-0.3, -0.25) is 14.7 Å². The Hall–Kier alpha value is -4.01. The number of aromatic nitrogens is 3. The number of hydrogen-bond acceptors (Lipinski definition) is 11. The van der Waals surface area contributed by atoms with Crippen molar-refractivity contribution in [1.29, 1.82) is 0 Å². The third-order valence-corrected chi connectivity index (χ3v) is 9.13. The molecule has 14 heteroatoms. The molecule has 2 aromatic heterocycles. The van der Waals surface area contributed by atoms with Gasteiger partial charge in [-0.25, -0.2) is 8.42 Å². The highest BCUT2D eigenvalue weighted by Gasteiger charge is 2.30. The second-order valence-electron chi connectivity index (χ2n) is 10.4. The van der Waals surface area contributed by atoms with E-state index in [1.807, 2.05) is 6.07 Å². The number of aromatic amines is 1. The van der Waals surface area contributed by atoms with Gasteiger partial charge in [-0.1, -0.05) is 5.16 Å². The molecule has 13 nitrogen and oxygen atoms in total. The number of anilines is 3. The molecule has 1 saturated carbocycles. The molecule has 2 aromatic carbocycles. The van der Waals surface area contributed by atoms with Gasteiger partial charge in [-0.2, -0.15) is 5.10 Å². The number of nitrogens with zero attached hydrogens (tertiary/aromatic N) is 3. The van der Waals surface area contributed by atoms with Crippen molar-refractivity contribution in [3.8, 4) is 17.2 Å². The molecule has 3 N–H and O–H groups in total. The zero-order valence-corrected chi connectivity index (χ0v) is 24.7. The number of methoxy groups -OCH3 is 3. The first-order valence-corrected chi connectivity index (χ1v) is 15.2. The summed E-state index contributed by atoms with van der Waals surface area (Å²) < 4.78 is 57.8. The minimum absolute atomic E-state index is 0.000469. The van der Waals surface area contributed by atoms with Crippen LogP contribution in [0.5, 0.6) is 17.2 Å². The molecule has 42 heavy (non-hydrogen) atoms. The molecule has 0 radical (unpaired) electrons. The SMILES string of the molecule is COc1cc2c(NS(=O)(=O)c3c(OC)cc([C@H](C)N4CCOCC4)cc3OC)noc2cc1Nc1cc(C2CC2)[nH]n1. The predicted octanol–water partition coefficient (Wildman–Crippen LogP) is 4.39. The normalized spacial score (nSPS) is 16.8. The average molecular weight is 599 g/mol. The van der Waals surface area contributed by atoms with Crippen LogP contribution in [-0.2, 0) is 14.8 Å². The summed E-state index contributed by atoms with van der Waals surface area (Å²) in [4.78, 5) is 2.12. The van der Waals surface area contributed by atoms with Gasteiger partial charge in [-0.15, -0.1) is 0 Å². The average Bonchev–Trinajstić information content (AvgIpc) is 3.65. The van der Waals surface area contributed by atoms with Gasteiger partial charge in [0.25, 0.3) is 10.0 Å². The molecule has 2 fully saturated rings. The Morgan fingerprint density at radius 2 is 1.69 bits per heavy atom. The van der Waals surface area contributed by atoms with E-state index in [9.17, 15) is 8.42 Å². The second-order valence-corrected chi connectivity index (χ2v) is 12.0. The quantitative estimate of drug-likeness (QED) is 0.225. The first-order valence-electron chi connectivity index (χ1n) is 13.7. The Morgan fingerprint density at radius 1 is 1.00 bits per heavy atom. The summed E-state index contributed by atoms with van der Waals surface area (Å²) in [5.74, 6) is 1.93. The Morgan fingerprint density at radius 3 is 2.33 bits per heavy atom. The first kappa shape index (κ1) is 28.1. The first-order chi connectivity index (χ1) is 20.3. The van der Waals surface area contributed by atoms with E-state index in [1.165, 1.54) is 21.3 Å². The Bertz CT molecular complexity index is 1670. The lowest BCUT2D eigenvalue weighted by atomic mass is 10.1. The van der Waals surface area contributed by atoms with E-state index in [2.05, 4.69) is 37.2 Å². The van der Waals surface area contributed by atoms with Crippen molar-refractivity contribution in [2.24, 2.45) is 0 Å². The van der Waals surface area contributed by atoms with E-state index < -0.39 is 10.0 Å². The second kappa shape index (κ2) is 11.3. The van der Waals surface area contributed by atoms with Crippen LogP contribution in [0, 0.1) is 0 Å². The van der Waals surface area contributed by atoms with Crippen LogP contribution in [0.3, 0.4) is 0 Å². The Kier molecular flexibility index (Phi) is 7.60. The molecular weight excluding hydrogens is 564 g/mol. The maximum absolute atomic E-state index is 13.8. The predicted molar refractivity (Wildman–Crippen MR) is 156 cm³/mol. The Labute approximate surface area is 243 Å². The van der Waals surface area contributed by atoms with Crippen LogP contribution >= 0.6 is 0 Å². The highest BCUT2D eigenvalue weighted by molar-refractivity contribution is 7.93. The molecule has 224 valence electrons. The lowest BCUT2D eigenvalue weighted by Crippen LogP contribution is -2.38. The molecule has 1 saturated heterocycles. The number of benzene rings is 2. The molecule has 1 aliphatic heterocycles. The zero-order valence-electron chi connectivity index (χ0n) is 23.9. The Balaban J connectivity index is 1.30. The number of rotatable bonds is 11. The smallest absolute Gasteiger partial charge is 0.270 e. The molecule has 6 rings (SSSR count). The summed E-state index contributed by atoms with van der Waals surface area (Å²) >= 11 is 0. The number of fused-ring (bicyclic) bond motifs is 1. The van der Waals surface area contributed by atoms with Crippen LogP contribution in [0.1, 0.15) is 43.0 Å². The lowest BCUT2D eigenvalue weighted by Gasteiger charge is -2.33. The molecule has 2 aliphatic rings. The molecule has 1 atom stereocenters. The summed E-state index contributed by atoms with van der Waals surface area (Å²) in [7, 11) is 0.146. The lowest BCUT2D eigenvalue weighted by molar-refractivity contribution is 0.0198. The largest absolute Gasteiger partial charge is 0.495 e. The monoisotopic (exact) mass is 598 g/mol. The number of ether oxygens (including phenoxy) is 4. The fourth-order valence-electron chi connectivity index (χ4n) is 5.21. The van der Waals surface area contributed by atoms with Gasteiger partial charge >= 0.3 is 0 Å². The number of hydrogen-bond donors (Lipinski definition) is 3. The summed E-state index contributed by atoms with van der Waals surface area (Å²) in [6.45, 7) is 4.90. The summed E-state index contributed by atoms with van der Waals surface area (Å²) in [5, 5.41) is 15.0. The van der Waals surface area contributed by atoms with E-state index in [1.54, 1.807) is 24.3 Å². The van der Waals surface area contributed by atoms with Crippen molar-refractivity contribution in [2.45, 2.75) is 36.6 Å². The van der Waals surface area contributed by atoms with Gasteiger partial charge in [0, 0.05) is 42.9 Å². The minimum atomic E-state index is -4.23. The van der Waals surface area contributed by atoms with Crippen LogP contribution in [0.15, 0.2) is 39.8 Å². The zero-order chi connectivity index (χ0) is 29.4. The molecule has 1 aliphatic carbocycles. The molecule has 0 unspecified atom stereocenters. The third-order valence-electron chi connectivity index (χ3n) is 7.73. The van der Waals surface area contributed by atoms with Crippen molar-refractivity contribution in [2.75, 3.05) is 57.7 Å². The molecular formula is C28H34N6O7S. The van der Waals surface area contributed by atoms with Crippen LogP contribution in [0.2, 0.25) is 0 Å². The fourth-order valence-corrected chi connectivity index (χ4v) is 6.53. The van der Waals surface area contributed by atoms with Gasteiger partial charge in [-0.05, 0) is 43.5 Å². The molecule has 0 amide bonds. The van der Waals surface area contributed by atoms with Crippen molar-refractivity contribution >= 4 is 38.3 Å². The van der Waals surface area contributed by atoms with Crippen molar-refractivity contribution in [3.05, 3.63) is 41.6 Å². The van der Waals surface area contributed by atoms with E-state index in [4.69, 9.17) is 23.5 Å². The van der Waals surface area contributed by atoms with Gasteiger partial charge in [0.2, 0.25) is 0 Å². The van der Waals surface area contributed by atoms with E-state index >= 15 is 0 Å². The molecule has 3 heterocycles. The van der Waals surface area contributed by atoms with E-state index in [-0.39, 0.29) is 28.3 Å². The standard InChI is InChI=1S/C28H34N6O7S/c1-16(34-7-9-40-10-8-34)18-11-24(38-3)27(25(12-18)39-4)42(35,36)33-28-19-13-23(37-2)21(14-22(19)41-32-28)29-26-15-20(30-31-26)17-5-6-17/h11-17H,5-10H2,1-4H3,(H,32,33)(H2,29,30,31)/t16-/m0/s1. The van der Waals surface area contributed by atoms with E-state index in [0.717, 1.165) is 37.2 Å². The highest BCUT2D eigenvalue weighted by atomic mass is 32.2. The fraction of sp³-hybridized carbons (Fsp3) is 0.429. The number of nitrogens with one attached hydrogen (secondary N) is 3. The highest BCUT2D eigenvalue weighted by Crippen LogP contribution is 2.42. The van der Waals surface area contributed by atoms with Crippen LogP contribution in [0.4, 0.5) is 17.3 Å². The molecule has 4 aromatic rings. The van der Waals surface area contributed by atoms with Gasteiger partial charge in [0.1, 0.15) is 17.2 Å². The molecule has 0 bridgehead atoms. The van der Waals surface area contributed by atoms with E-state index in [0.29, 0.717) is 47.4 Å². The van der Waals surface area contributed by atoms with Crippen LogP contribution in [-0.4, -0.2) is 76.3 Å². The maximum atomic E-state index is 13.8. The van der Waals surface area contributed by atoms with Gasteiger partial charge in [0.05, 0.1) is 45.6 Å². The molecule has 0 spiro atoms. The van der Waals surface area contributed by atoms with Crippen LogP contribution in [0.25, 0.3) is 11.0 Å².